The second-order valence-corrected chi connectivity index (χ2v) is 21.0. The molecule has 0 saturated carbocycles. The van der Waals surface area contributed by atoms with Crippen LogP contribution in [0, 0.1) is 12.7 Å². The van der Waals surface area contributed by atoms with E-state index in [1.165, 1.54) is 80.5 Å². The third-order valence-electron chi connectivity index (χ3n) is 11.7. The van der Waals surface area contributed by atoms with Crippen LogP contribution in [0.2, 0.25) is 20.1 Å². The highest BCUT2D eigenvalue weighted by molar-refractivity contribution is 8.00. The van der Waals surface area contributed by atoms with E-state index in [4.69, 9.17) is 46.4 Å². The highest BCUT2D eigenvalue weighted by atomic mass is 35.5. The third kappa shape index (κ3) is 14.2. The number of piperidine rings is 3. The van der Waals surface area contributed by atoms with Crippen molar-refractivity contribution in [3.05, 3.63) is 176 Å². The predicted octanol–water partition coefficient (Wildman–Crippen LogP) is 16.0. The molecule has 3 aliphatic heterocycles. The van der Waals surface area contributed by atoms with Crippen LogP contribution in [-0.2, 0) is 0 Å². The molecule has 3 fully saturated rings. The topological polar surface area (TPSA) is 36.1 Å². The minimum atomic E-state index is -0.257. The number of hydrogen-bond acceptors (Lipinski definition) is 6. The molecule has 330 valence electrons. The molecule has 0 bridgehead atoms. The average molecular weight is 978 g/mol. The van der Waals surface area contributed by atoms with Crippen molar-refractivity contribution < 1.29 is 4.39 Å². The van der Waals surface area contributed by atoms with Crippen LogP contribution in [0.4, 0.5) is 4.39 Å². The first-order chi connectivity index (χ1) is 30.7. The lowest BCUT2D eigenvalue weighted by atomic mass is 9.90. The van der Waals surface area contributed by atoms with Crippen molar-refractivity contribution in [2.75, 3.05) is 39.3 Å². The SMILES string of the molecule is Cc1cc(Cl)ccc1Sc1ccccc1C1CCNCC1.Clc1ccc(Sc2ccccc2C2CCNCC2)c(Cl)c1.Fc1cc(Cl)ccc1Sc1ccccc1C1CCNCC1. The summed E-state index contributed by atoms with van der Waals surface area (Å²) in [6.07, 6.45) is 7.15. The van der Waals surface area contributed by atoms with Gasteiger partial charge in [0, 0.05) is 44.4 Å². The second kappa shape index (κ2) is 24.7. The van der Waals surface area contributed by atoms with Crippen LogP contribution in [0.5, 0.6) is 0 Å². The van der Waals surface area contributed by atoms with Gasteiger partial charge in [-0.3, -0.25) is 0 Å². The number of hydrogen-bond donors (Lipinski definition) is 3. The standard InChI is InChI=1S/C18H20ClNS.C17H17Cl2NS.C17H17ClFNS/c1-13-12-15(19)6-7-17(13)21-18-5-3-2-4-16(18)14-8-10-20-11-9-14;2*18-13-5-6-17(15(19)11-13)21-16-4-2-1-3-14(16)12-7-9-20-10-8-12/h2-7,12,14,20H,8-11H2,1H3;2*1-6,11-12,20H,7-10H2. The molecule has 63 heavy (non-hydrogen) atoms. The molecule has 3 saturated heterocycles. The number of nitrogens with one attached hydrogen (secondary N) is 3. The van der Waals surface area contributed by atoms with Crippen molar-refractivity contribution in [2.24, 2.45) is 0 Å². The fourth-order valence-electron chi connectivity index (χ4n) is 8.33. The van der Waals surface area contributed by atoms with Gasteiger partial charge in [-0.2, -0.15) is 0 Å². The molecule has 9 rings (SSSR count). The van der Waals surface area contributed by atoms with Gasteiger partial charge < -0.3 is 16.0 Å². The van der Waals surface area contributed by atoms with E-state index in [9.17, 15) is 4.39 Å². The van der Waals surface area contributed by atoms with E-state index in [1.54, 1.807) is 30.0 Å². The maximum absolute atomic E-state index is 14.0. The molecular formula is C52H54Cl4FN3S3. The van der Waals surface area contributed by atoms with Gasteiger partial charge in [0.25, 0.3) is 0 Å². The Kier molecular flexibility index (Phi) is 19.0. The van der Waals surface area contributed by atoms with Crippen LogP contribution in [0.1, 0.15) is 78.5 Å². The zero-order valence-corrected chi connectivity index (χ0v) is 40.9. The van der Waals surface area contributed by atoms with Gasteiger partial charge in [-0.1, -0.05) is 136 Å². The van der Waals surface area contributed by atoms with Crippen molar-refractivity contribution in [3.8, 4) is 0 Å². The smallest absolute Gasteiger partial charge is 0.138 e. The zero-order valence-electron chi connectivity index (χ0n) is 35.5. The van der Waals surface area contributed by atoms with Crippen molar-refractivity contribution in [1.82, 2.24) is 16.0 Å². The number of halogens is 5. The number of benzene rings is 6. The largest absolute Gasteiger partial charge is 0.317 e. The van der Waals surface area contributed by atoms with E-state index in [1.807, 2.05) is 42.1 Å². The van der Waals surface area contributed by atoms with Crippen LogP contribution >= 0.6 is 81.7 Å². The highest BCUT2D eigenvalue weighted by Crippen LogP contribution is 2.42. The normalized spacial score (nSPS) is 16.1. The van der Waals surface area contributed by atoms with Crippen molar-refractivity contribution in [2.45, 2.75) is 92.6 Å². The van der Waals surface area contributed by atoms with Gasteiger partial charge in [-0.15, -0.1) is 0 Å². The summed E-state index contributed by atoms with van der Waals surface area (Å²) < 4.78 is 14.0. The Bertz CT molecular complexity index is 2140. The van der Waals surface area contributed by atoms with E-state index in [0.29, 0.717) is 37.7 Å². The molecule has 3 nitrogen and oxygen atoms in total. The Labute approximate surface area is 406 Å². The quantitative estimate of drug-likeness (QED) is 0.134. The zero-order chi connectivity index (χ0) is 44.0. The summed E-state index contributed by atoms with van der Waals surface area (Å²) in [7, 11) is 0. The van der Waals surface area contributed by atoms with Crippen molar-refractivity contribution in [3.63, 3.8) is 0 Å². The van der Waals surface area contributed by atoms with Crippen molar-refractivity contribution in [1.29, 1.82) is 0 Å². The molecule has 0 radical (unpaired) electrons. The molecule has 0 aromatic heterocycles. The summed E-state index contributed by atoms with van der Waals surface area (Å²) in [6, 6.07) is 42.5. The van der Waals surface area contributed by atoms with Crippen LogP contribution < -0.4 is 16.0 Å². The van der Waals surface area contributed by atoms with Gasteiger partial charge in [0.2, 0.25) is 0 Å². The van der Waals surface area contributed by atoms with E-state index in [0.717, 1.165) is 66.9 Å². The van der Waals surface area contributed by atoms with Crippen molar-refractivity contribution >= 4 is 81.7 Å². The lowest BCUT2D eigenvalue weighted by Gasteiger charge is -2.25. The van der Waals surface area contributed by atoms with Crippen LogP contribution in [0.15, 0.2) is 157 Å². The summed E-state index contributed by atoms with van der Waals surface area (Å²) in [6.45, 7) is 8.70. The molecular weight excluding hydrogens is 924 g/mol. The molecule has 3 aliphatic rings. The Morgan fingerprint density at radius 3 is 1.17 bits per heavy atom. The lowest BCUT2D eigenvalue weighted by Crippen LogP contribution is -2.26. The minimum absolute atomic E-state index is 0.257. The molecule has 0 unspecified atom stereocenters. The van der Waals surface area contributed by atoms with Gasteiger partial charge >= 0.3 is 0 Å². The van der Waals surface area contributed by atoms with E-state index < -0.39 is 0 Å². The monoisotopic (exact) mass is 975 g/mol. The Balaban J connectivity index is 0.000000142. The van der Waals surface area contributed by atoms with E-state index in [-0.39, 0.29) is 5.82 Å². The summed E-state index contributed by atoms with van der Waals surface area (Å²) in [4.78, 5) is 6.80. The average Bonchev–Trinajstić information content (AvgIpc) is 3.31. The van der Waals surface area contributed by atoms with Gasteiger partial charge in [-0.05, 0) is 198 Å². The lowest BCUT2D eigenvalue weighted by molar-refractivity contribution is 0.456. The number of rotatable bonds is 9. The van der Waals surface area contributed by atoms with Crippen LogP contribution in [0.3, 0.4) is 0 Å². The maximum Gasteiger partial charge on any atom is 0.138 e. The van der Waals surface area contributed by atoms with Crippen LogP contribution in [-0.4, -0.2) is 39.3 Å². The Morgan fingerprint density at radius 1 is 0.413 bits per heavy atom. The molecule has 3 heterocycles. The first-order valence-electron chi connectivity index (χ1n) is 21.8. The molecule has 11 heteroatoms. The highest BCUT2D eigenvalue weighted by Gasteiger charge is 2.21. The first kappa shape index (κ1) is 48.3. The molecule has 6 aromatic rings. The molecule has 0 amide bonds. The van der Waals surface area contributed by atoms with Gasteiger partial charge in [0.15, 0.2) is 0 Å². The molecule has 0 spiro atoms. The summed E-state index contributed by atoms with van der Waals surface area (Å²) in [5.41, 5.74) is 5.51. The molecule has 0 aliphatic carbocycles. The second-order valence-electron chi connectivity index (χ2n) is 16.1. The summed E-state index contributed by atoms with van der Waals surface area (Å²) >= 11 is 29.2. The van der Waals surface area contributed by atoms with E-state index in [2.05, 4.69) is 95.7 Å². The Morgan fingerprint density at radius 2 is 0.762 bits per heavy atom. The maximum atomic E-state index is 14.0. The van der Waals surface area contributed by atoms with Gasteiger partial charge in [0.1, 0.15) is 5.82 Å². The van der Waals surface area contributed by atoms with E-state index >= 15 is 0 Å². The fraction of sp³-hybridized carbons (Fsp3) is 0.308. The number of aryl methyl sites for hydroxylation is 1. The third-order valence-corrected chi connectivity index (χ3v) is 16.4. The predicted molar refractivity (Wildman–Crippen MR) is 270 cm³/mol. The Hall–Kier alpha value is -2.66. The van der Waals surface area contributed by atoms with Crippen LogP contribution in [0.25, 0.3) is 0 Å². The molecule has 6 aromatic carbocycles. The minimum Gasteiger partial charge on any atom is -0.317 e. The molecule has 3 N–H and O–H groups in total. The first-order valence-corrected chi connectivity index (χ1v) is 25.8. The summed E-state index contributed by atoms with van der Waals surface area (Å²) in [5.74, 6) is 1.63. The fourth-order valence-corrected chi connectivity index (χ4v) is 12.4. The summed E-state index contributed by atoms with van der Waals surface area (Å²) in [5, 5.41) is 12.9. The van der Waals surface area contributed by atoms with Gasteiger partial charge in [-0.25, -0.2) is 4.39 Å². The molecule has 0 atom stereocenters. The van der Waals surface area contributed by atoms with Gasteiger partial charge in [0.05, 0.1) is 5.02 Å².